The topological polar surface area (TPSA) is 49.4 Å². The summed E-state index contributed by atoms with van der Waals surface area (Å²) in [6.07, 6.45) is 0.264. The van der Waals surface area contributed by atoms with Crippen LogP contribution in [-0.4, -0.2) is 29.3 Å². The third kappa shape index (κ3) is 6.80. The third-order valence-corrected chi connectivity index (χ3v) is 5.99. The normalized spacial score (nSPS) is 11.6. The zero-order valence-electron chi connectivity index (χ0n) is 18.2. The van der Waals surface area contributed by atoms with Crippen molar-refractivity contribution in [3.05, 3.63) is 105 Å². The maximum atomic E-state index is 13.6. The molecule has 0 radical (unpaired) electrons. The molecule has 0 aliphatic heterocycles. The van der Waals surface area contributed by atoms with E-state index in [9.17, 15) is 14.0 Å². The smallest absolute Gasteiger partial charge is 0.243 e. The van der Waals surface area contributed by atoms with E-state index in [0.717, 1.165) is 5.56 Å². The van der Waals surface area contributed by atoms with Crippen LogP contribution in [0.1, 0.15) is 23.6 Å². The fraction of sp³-hybridized carbons (Fsp3) is 0.231. The Morgan fingerprint density at radius 3 is 2.15 bits per heavy atom. The zero-order valence-corrected chi connectivity index (χ0v) is 19.7. The Morgan fingerprint density at radius 1 is 0.909 bits per heavy atom. The summed E-state index contributed by atoms with van der Waals surface area (Å²) in [6, 6.07) is 19.7. The number of carbonyl (C=O) groups excluding carboxylic acids is 2. The third-order valence-electron chi connectivity index (χ3n) is 5.28. The zero-order chi connectivity index (χ0) is 23.8. The lowest BCUT2D eigenvalue weighted by Crippen LogP contribution is -2.51. The average molecular weight is 487 g/mol. The lowest BCUT2D eigenvalue weighted by molar-refractivity contribution is -0.140. The highest BCUT2D eigenvalue weighted by atomic mass is 35.5. The van der Waals surface area contributed by atoms with E-state index in [1.54, 1.807) is 30.3 Å². The summed E-state index contributed by atoms with van der Waals surface area (Å²) in [5.74, 6) is -0.937. The monoisotopic (exact) mass is 486 g/mol. The van der Waals surface area contributed by atoms with Gasteiger partial charge in [-0.1, -0.05) is 71.7 Å². The molecule has 0 unspecified atom stereocenters. The molecule has 1 atom stereocenters. The second-order valence-electron chi connectivity index (χ2n) is 7.63. The van der Waals surface area contributed by atoms with Gasteiger partial charge in [0.05, 0.1) is 6.42 Å². The van der Waals surface area contributed by atoms with Gasteiger partial charge in [-0.25, -0.2) is 4.39 Å². The summed E-state index contributed by atoms with van der Waals surface area (Å²) >= 11 is 12.6. The Bertz CT molecular complexity index is 1070. The summed E-state index contributed by atoms with van der Waals surface area (Å²) in [5.41, 5.74) is 2.13. The van der Waals surface area contributed by atoms with Crippen LogP contribution in [0.2, 0.25) is 10.0 Å². The molecule has 3 aromatic carbocycles. The molecule has 3 rings (SSSR count). The largest absolute Gasteiger partial charge is 0.355 e. The molecule has 0 bridgehead atoms. The Labute approximate surface area is 203 Å². The molecule has 3 aromatic rings. The van der Waals surface area contributed by atoms with Gasteiger partial charge in [0.1, 0.15) is 11.9 Å². The van der Waals surface area contributed by atoms with Gasteiger partial charge in [-0.05, 0) is 47.9 Å². The first-order valence-corrected chi connectivity index (χ1v) is 11.4. The van der Waals surface area contributed by atoms with Gasteiger partial charge in [-0.3, -0.25) is 9.59 Å². The predicted molar refractivity (Wildman–Crippen MR) is 130 cm³/mol. The van der Waals surface area contributed by atoms with Crippen molar-refractivity contribution in [1.82, 2.24) is 10.2 Å². The van der Waals surface area contributed by atoms with Crippen LogP contribution in [0.3, 0.4) is 0 Å². The van der Waals surface area contributed by atoms with E-state index in [4.69, 9.17) is 23.2 Å². The number of benzene rings is 3. The van der Waals surface area contributed by atoms with Crippen LogP contribution in [0.15, 0.2) is 72.8 Å². The second kappa shape index (κ2) is 11.8. The van der Waals surface area contributed by atoms with Gasteiger partial charge in [0.2, 0.25) is 11.8 Å². The minimum Gasteiger partial charge on any atom is -0.355 e. The molecule has 4 nitrogen and oxygen atoms in total. The molecule has 0 saturated heterocycles. The quantitative estimate of drug-likeness (QED) is 0.437. The number of hydrogen-bond acceptors (Lipinski definition) is 2. The Kier molecular flexibility index (Phi) is 8.87. The van der Waals surface area contributed by atoms with E-state index in [1.165, 1.54) is 17.0 Å². The lowest BCUT2D eigenvalue weighted by atomic mass is 10.0. The van der Waals surface area contributed by atoms with E-state index in [0.29, 0.717) is 34.1 Å². The van der Waals surface area contributed by atoms with Gasteiger partial charge < -0.3 is 10.2 Å². The first kappa shape index (κ1) is 24.7. The molecule has 0 aliphatic rings. The van der Waals surface area contributed by atoms with Gasteiger partial charge in [-0.2, -0.15) is 0 Å². The molecule has 172 valence electrons. The average Bonchev–Trinajstić information content (AvgIpc) is 2.80. The number of likely N-dealkylation sites (N-methyl/N-ethyl adjacent to an activating group) is 1. The molecule has 7 heteroatoms. The van der Waals surface area contributed by atoms with E-state index in [2.05, 4.69) is 5.32 Å². The highest BCUT2D eigenvalue weighted by Gasteiger charge is 2.30. The van der Waals surface area contributed by atoms with Gasteiger partial charge >= 0.3 is 0 Å². The molecule has 0 aliphatic carbocycles. The highest BCUT2D eigenvalue weighted by molar-refractivity contribution is 6.36. The molecule has 1 N–H and O–H groups in total. The Balaban J connectivity index is 1.98. The van der Waals surface area contributed by atoms with Crippen molar-refractivity contribution >= 4 is 35.0 Å². The van der Waals surface area contributed by atoms with Crippen LogP contribution in [0.4, 0.5) is 4.39 Å². The fourth-order valence-corrected chi connectivity index (χ4v) is 4.12. The van der Waals surface area contributed by atoms with Gasteiger partial charge in [0.25, 0.3) is 0 Å². The van der Waals surface area contributed by atoms with Crippen LogP contribution < -0.4 is 5.32 Å². The number of nitrogens with one attached hydrogen (secondary N) is 1. The van der Waals surface area contributed by atoms with Gasteiger partial charge in [0, 0.05) is 29.6 Å². The Hall–Kier alpha value is -2.89. The van der Waals surface area contributed by atoms with E-state index in [1.807, 2.05) is 37.3 Å². The van der Waals surface area contributed by atoms with Crippen molar-refractivity contribution < 1.29 is 14.0 Å². The standard InChI is InChI=1S/C26H25Cl2FN2O2/c1-2-30-26(33)24(15-18-7-4-3-5-8-18)31(17-19-11-13-20(29)14-12-19)25(32)16-21-22(27)9-6-10-23(21)28/h3-14,24H,2,15-17H2,1H3,(H,30,33)/t24-/m0/s1. The van der Waals surface area contributed by atoms with Gasteiger partial charge in [-0.15, -0.1) is 0 Å². The molecule has 0 saturated carbocycles. The van der Waals surface area contributed by atoms with Crippen LogP contribution in [0.5, 0.6) is 0 Å². The van der Waals surface area contributed by atoms with Crippen molar-refractivity contribution in [2.75, 3.05) is 6.54 Å². The van der Waals surface area contributed by atoms with Crippen molar-refractivity contribution in [3.63, 3.8) is 0 Å². The number of amides is 2. The lowest BCUT2D eigenvalue weighted by Gasteiger charge is -2.31. The first-order chi connectivity index (χ1) is 15.9. The molecular weight excluding hydrogens is 462 g/mol. The maximum absolute atomic E-state index is 13.6. The Morgan fingerprint density at radius 2 is 1.55 bits per heavy atom. The molecule has 2 amide bonds. The van der Waals surface area contributed by atoms with Crippen LogP contribution in [-0.2, 0) is 29.0 Å². The number of halogens is 3. The summed E-state index contributed by atoms with van der Waals surface area (Å²) in [5, 5.41) is 3.61. The summed E-state index contributed by atoms with van der Waals surface area (Å²) in [4.78, 5) is 28.2. The van der Waals surface area contributed by atoms with E-state index in [-0.39, 0.29) is 30.6 Å². The molecule has 0 heterocycles. The highest BCUT2D eigenvalue weighted by Crippen LogP contribution is 2.26. The molecular formula is C26H25Cl2FN2O2. The van der Waals surface area contributed by atoms with E-state index >= 15 is 0 Å². The number of nitrogens with zero attached hydrogens (tertiary/aromatic N) is 1. The molecule has 0 fully saturated rings. The van der Waals surface area contributed by atoms with E-state index < -0.39 is 6.04 Å². The number of carbonyl (C=O) groups is 2. The second-order valence-corrected chi connectivity index (χ2v) is 8.44. The molecule has 33 heavy (non-hydrogen) atoms. The summed E-state index contributed by atoms with van der Waals surface area (Å²) in [7, 11) is 0. The van der Waals surface area contributed by atoms with Crippen molar-refractivity contribution in [2.45, 2.75) is 32.4 Å². The number of hydrogen-bond donors (Lipinski definition) is 1. The minimum absolute atomic E-state index is 0.0651. The molecule has 0 spiro atoms. The first-order valence-electron chi connectivity index (χ1n) is 10.7. The fourth-order valence-electron chi connectivity index (χ4n) is 3.59. The van der Waals surface area contributed by atoms with Crippen molar-refractivity contribution in [2.24, 2.45) is 0 Å². The number of rotatable bonds is 9. The summed E-state index contributed by atoms with van der Waals surface area (Å²) < 4.78 is 13.5. The van der Waals surface area contributed by atoms with Crippen LogP contribution in [0, 0.1) is 5.82 Å². The maximum Gasteiger partial charge on any atom is 0.243 e. The van der Waals surface area contributed by atoms with Crippen LogP contribution in [0.25, 0.3) is 0 Å². The minimum atomic E-state index is -0.772. The van der Waals surface area contributed by atoms with Crippen LogP contribution >= 0.6 is 23.2 Å². The predicted octanol–water partition coefficient (Wildman–Crippen LogP) is 5.45. The summed E-state index contributed by atoms with van der Waals surface area (Å²) in [6.45, 7) is 2.39. The van der Waals surface area contributed by atoms with Crippen molar-refractivity contribution in [1.29, 1.82) is 0 Å². The van der Waals surface area contributed by atoms with Gasteiger partial charge in [0.15, 0.2) is 0 Å². The molecule has 0 aromatic heterocycles. The van der Waals surface area contributed by atoms with Crippen molar-refractivity contribution in [3.8, 4) is 0 Å². The SMILES string of the molecule is CCNC(=O)[C@H](Cc1ccccc1)N(Cc1ccc(F)cc1)C(=O)Cc1c(Cl)cccc1Cl.